The predicted octanol–water partition coefficient (Wildman–Crippen LogP) is 2.28. The Hall–Kier alpha value is -0.740. The van der Waals surface area contributed by atoms with Crippen molar-refractivity contribution in [2.45, 2.75) is 13.0 Å². The van der Waals surface area contributed by atoms with E-state index >= 15 is 0 Å². The van der Waals surface area contributed by atoms with E-state index in [2.05, 4.69) is 0 Å². The number of hydrogen-bond acceptors (Lipinski definition) is 3. The molecule has 0 spiro atoms. The van der Waals surface area contributed by atoms with Crippen molar-refractivity contribution in [3.8, 4) is 5.75 Å². The zero-order chi connectivity index (χ0) is 11.1. The third-order valence-corrected chi connectivity index (χ3v) is 2.92. The highest BCUT2D eigenvalue weighted by Crippen LogP contribution is 2.15. The summed E-state index contributed by atoms with van der Waals surface area (Å²) >= 11 is 1.71. The van der Waals surface area contributed by atoms with Crippen LogP contribution in [0.5, 0.6) is 5.75 Å². The van der Waals surface area contributed by atoms with Crippen molar-refractivity contribution in [3.63, 3.8) is 0 Å². The minimum Gasteiger partial charge on any atom is -0.490 e. The topological polar surface area (TPSA) is 35.2 Å². The summed E-state index contributed by atoms with van der Waals surface area (Å²) in [4.78, 5) is 0. The zero-order valence-electron chi connectivity index (χ0n) is 8.78. The molecular formula is C11H16FNOS. The van der Waals surface area contributed by atoms with E-state index in [1.807, 2.05) is 6.92 Å². The molecule has 4 heteroatoms. The molecule has 0 fully saturated rings. The van der Waals surface area contributed by atoms with Crippen LogP contribution in [0.1, 0.15) is 6.92 Å². The Morgan fingerprint density at radius 3 is 2.87 bits per heavy atom. The van der Waals surface area contributed by atoms with Crippen molar-refractivity contribution in [3.05, 3.63) is 30.1 Å². The molecule has 0 bridgehead atoms. The molecule has 0 amide bonds. The number of ether oxygens (including phenoxy) is 1. The van der Waals surface area contributed by atoms with Gasteiger partial charge in [-0.25, -0.2) is 4.39 Å². The molecule has 2 N–H and O–H groups in total. The summed E-state index contributed by atoms with van der Waals surface area (Å²) in [5, 5.41) is 0. The van der Waals surface area contributed by atoms with Gasteiger partial charge in [0.05, 0.1) is 6.61 Å². The van der Waals surface area contributed by atoms with Crippen molar-refractivity contribution in [1.29, 1.82) is 0 Å². The third kappa shape index (κ3) is 5.04. The summed E-state index contributed by atoms with van der Waals surface area (Å²) in [5.74, 6) is 1.74. The van der Waals surface area contributed by atoms with Gasteiger partial charge in [-0.1, -0.05) is 12.1 Å². The fourth-order valence-corrected chi connectivity index (χ4v) is 1.78. The van der Waals surface area contributed by atoms with Crippen LogP contribution in [0, 0.1) is 5.82 Å². The lowest BCUT2D eigenvalue weighted by molar-refractivity contribution is 0.325. The summed E-state index contributed by atoms with van der Waals surface area (Å²) in [6.07, 6.45) is 0. The molecule has 1 rings (SSSR count). The van der Waals surface area contributed by atoms with Gasteiger partial charge in [0, 0.05) is 17.5 Å². The Bertz CT molecular complexity index is 294. The van der Waals surface area contributed by atoms with Crippen LogP contribution in [-0.2, 0) is 0 Å². The molecule has 0 saturated carbocycles. The second-order valence-corrected chi connectivity index (χ2v) is 4.48. The highest BCUT2D eigenvalue weighted by Gasteiger charge is 2.00. The lowest BCUT2D eigenvalue weighted by Crippen LogP contribution is -2.18. The molecule has 0 saturated heterocycles. The number of halogens is 1. The van der Waals surface area contributed by atoms with Gasteiger partial charge in [-0.2, -0.15) is 11.8 Å². The first-order valence-electron chi connectivity index (χ1n) is 4.91. The van der Waals surface area contributed by atoms with Crippen LogP contribution in [0.2, 0.25) is 0 Å². The van der Waals surface area contributed by atoms with Gasteiger partial charge in [0.1, 0.15) is 0 Å². The van der Waals surface area contributed by atoms with Crippen LogP contribution in [0.15, 0.2) is 24.3 Å². The Labute approximate surface area is 94.0 Å². The third-order valence-electron chi connectivity index (χ3n) is 1.70. The van der Waals surface area contributed by atoms with Crippen LogP contribution in [0.4, 0.5) is 4.39 Å². The second-order valence-electron chi connectivity index (χ2n) is 3.33. The second kappa shape index (κ2) is 6.69. The molecule has 0 aliphatic rings. The number of benzene rings is 1. The summed E-state index contributed by atoms with van der Waals surface area (Å²) < 4.78 is 18.4. The molecule has 0 aliphatic carbocycles. The quantitative estimate of drug-likeness (QED) is 0.760. The van der Waals surface area contributed by atoms with E-state index in [1.54, 1.807) is 30.0 Å². The average Bonchev–Trinajstić information content (AvgIpc) is 2.20. The van der Waals surface area contributed by atoms with Gasteiger partial charge in [-0.05, 0) is 19.1 Å². The van der Waals surface area contributed by atoms with E-state index in [0.29, 0.717) is 12.4 Å². The molecule has 1 aromatic carbocycles. The summed E-state index contributed by atoms with van der Waals surface area (Å²) in [7, 11) is 0. The maximum atomic E-state index is 13.1. The van der Waals surface area contributed by atoms with Crippen molar-refractivity contribution < 1.29 is 9.13 Å². The monoisotopic (exact) mass is 229 g/mol. The van der Waals surface area contributed by atoms with E-state index in [1.165, 1.54) is 6.07 Å². The Kier molecular flexibility index (Phi) is 5.50. The van der Waals surface area contributed by atoms with Crippen LogP contribution < -0.4 is 10.5 Å². The van der Waals surface area contributed by atoms with Crippen LogP contribution in [-0.4, -0.2) is 24.2 Å². The normalized spacial score (nSPS) is 12.5. The van der Waals surface area contributed by atoms with Crippen LogP contribution in [0.3, 0.4) is 0 Å². The zero-order valence-corrected chi connectivity index (χ0v) is 9.60. The summed E-state index contributed by atoms with van der Waals surface area (Å²) in [6, 6.07) is 6.62. The molecule has 1 atom stereocenters. The lowest BCUT2D eigenvalue weighted by atomic mass is 10.3. The average molecular weight is 229 g/mol. The number of rotatable bonds is 6. The standard InChI is InChI=1S/C11H16FNOS/c1-9(13)8-15-7-6-14-11-5-3-2-4-10(11)12/h2-5,9H,6-8,13H2,1H3. The SMILES string of the molecule is CC(N)CSCCOc1ccccc1F. The number of thioether (sulfide) groups is 1. The van der Waals surface area contributed by atoms with Crippen LogP contribution >= 0.6 is 11.8 Å². The molecule has 0 aromatic heterocycles. The van der Waals surface area contributed by atoms with Gasteiger partial charge in [0.25, 0.3) is 0 Å². The highest BCUT2D eigenvalue weighted by atomic mass is 32.2. The van der Waals surface area contributed by atoms with E-state index in [-0.39, 0.29) is 11.9 Å². The van der Waals surface area contributed by atoms with Crippen molar-refractivity contribution >= 4 is 11.8 Å². The molecule has 0 aliphatic heterocycles. The fourth-order valence-electron chi connectivity index (χ4n) is 1.04. The maximum Gasteiger partial charge on any atom is 0.165 e. The Morgan fingerprint density at radius 1 is 1.47 bits per heavy atom. The minimum absolute atomic E-state index is 0.198. The van der Waals surface area contributed by atoms with Gasteiger partial charge in [0.15, 0.2) is 11.6 Å². The fraction of sp³-hybridized carbons (Fsp3) is 0.455. The largest absolute Gasteiger partial charge is 0.490 e. The van der Waals surface area contributed by atoms with Gasteiger partial charge < -0.3 is 10.5 Å². The van der Waals surface area contributed by atoms with E-state index in [0.717, 1.165) is 11.5 Å². The Balaban J connectivity index is 2.18. The summed E-state index contributed by atoms with van der Waals surface area (Å²) in [6.45, 7) is 2.48. The lowest BCUT2D eigenvalue weighted by Gasteiger charge is -2.07. The molecule has 1 aromatic rings. The number of para-hydroxylation sites is 1. The molecule has 0 heterocycles. The van der Waals surface area contributed by atoms with Crippen molar-refractivity contribution in [2.75, 3.05) is 18.1 Å². The van der Waals surface area contributed by atoms with E-state index in [4.69, 9.17) is 10.5 Å². The highest BCUT2D eigenvalue weighted by molar-refractivity contribution is 7.99. The Morgan fingerprint density at radius 2 is 2.20 bits per heavy atom. The van der Waals surface area contributed by atoms with E-state index < -0.39 is 0 Å². The van der Waals surface area contributed by atoms with Gasteiger partial charge in [-0.3, -0.25) is 0 Å². The number of nitrogens with two attached hydrogens (primary N) is 1. The van der Waals surface area contributed by atoms with Crippen LogP contribution in [0.25, 0.3) is 0 Å². The minimum atomic E-state index is -0.310. The smallest absolute Gasteiger partial charge is 0.165 e. The van der Waals surface area contributed by atoms with Crippen molar-refractivity contribution in [2.24, 2.45) is 5.73 Å². The predicted molar refractivity (Wildman–Crippen MR) is 62.9 cm³/mol. The number of hydrogen-bond donors (Lipinski definition) is 1. The van der Waals surface area contributed by atoms with Crippen molar-refractivity contribution in [1.82, 2.24) is 0 Å². The van der Waals surface area contributed by atoms with Gasteiger partial charge >= 0.3 is 0 Å². The molecule has 84 valence electrons. The first-order chi connectivity index (χ1) is 7.20. The molecule has 15 heavy (non-hydrogen) atoms. The first-order valence-corrected chi connectivity index (χ1v) is 6.06. The molecular weight excluding hydrogens is 213 g/mol. The molecule has 1 unspecified atom stereocenters. The summed E-state index contributed by atoms with van der Waals surface area (Å²) in [5.41, 5.74) is 5.59. The molecule has 2 nitrogen and oxygen atoms in total. The van der Waals surface area contributed by atoms with Gasteiger partial charge in [-0.15, -0.1) is 0 Å². The van der Waals surface area contributed by atoms with E-state index in [9.17, 15) is 4.39 Å². The molecule has 0 radical (unpaired) electrons. The maximum absolute atomic E-state index is 13.1. The first kappa shape index (κ1) is 12.3. The van der Waals surface area contributed by atoms with Gasteiger partial charge in [0.2, 0.25) is 0 Å².